The van der Waals surface area contributed by atoms with Crippen molar-refractivity contribution < 1.29 is 9.18 Å². The molecule has 10 heteroatoms. The van der Waals surface area contributed by atoms with E-state index in [-0.39, 0.29) is 22.9 Å². The zero-order chi connectivity index (χ0) is 20.1. The first-order valence-electron chi connectivity index (χ1n) is 9.09. The predicted molar refractivity (Wildman–Crippen MR) is 120 cm³/mol. The Hall–Kier alpha value is -1.62. The van der Waals surface area contributed by atoms with Gasteiger partial charge in [-0.15, -0.1) is 33.3 Å². The van der Waals surface area contributed by atoms with E-state index in [1.165, 1.54) is 34.0 Å². The molecule has 5 nitrogen and oxygen atoms in total. The molecule has 1 amide bonds. The number of nitrogens with zero attached hydrogens (tertiary/aromatic N) is 3. The molecular formula is C19H19FN4OS4. The summed E-state index contributed by atoms with van der Waals surface area (Å²) in [4.78, 5) is 15.8. The lowest BCUT2D eigenvalue weighted by molar-refractivity contribution is -0.128. The van der Waals surface area contributed by atoms with Gasteiger partial charge in [-0.1, -0.05) is 47.4 Å². The lowest BCUT2D eigenvalue weighted by atomic mass is 10.2. The van der Waals surface area contributed by atoms with Crippen molar-refractivity contribution in [1.29, 1.82) is 0 Å². The molecule has 3 heterocycles. The van der Waals surface area contributed by atoms with Gasteiger partial charge in [0.05, 0.1) is 5.75 Å². The second-order valence-corrected chi connectivity index (χ2v) is 10.7. The van der Waals surface area contributed by atoms with Gasteiger partial charge in [0.1, 0.15) is 11.2 Å². The SMILES string of the molecule is O=C(CSc1nnc(NCCc2cccs2)s1)N1CCSC1c1ccccc1F. The normalized spacial score (nSPS) is 16.3. The van der Waals surface area contributed by atoms with E-state index in [1.54, 1.807) is 40.1 Å². The van der Waals surface area contributed by atoms with E-state index in [4.69, 9.17) is 0 Å². The molecule has 1 aliphatic heterocycles. The first kappa shape index (κ1) is 20.6. The molecule has 2 aromatic heterocycles. The number of carbonyl (C=O) groups is 1. The quantitative estimate of drug-likeness (QED) is 0.483. The summed E-state index contributed by atoms with van der Waals surface area (Å²) in [5.41, 5.74) is 0.571. The molecule has 3 aromatic rings. The fourth-order valence-electron chi connectivity index (χ4n) is 2.95. The van der Waals surface area contributed by atoms with E-state index in [2.05, 4.69) is 27.0 Å². The third kappa shape index (κ3) is 5.30. The van der Waals surface area contributed by atoms with Gasteiger partial charge in [-0.2, -0.15) is 0 Å². The van der Waals surface area contributed by atoms with Crippen LogP contribution in [0.1, 0.15) is 15.8 Å². The molecule has 0 saturated carbocycles. The summed E-state index contributed by atoms with van der Waals surface area (Å²) >= 11 is 6.18. The number of benzene rings is 1. The van der Waals surface area contributed by atoms with Crippen molar-refractivity contribution >= 4 is 57.2 Å². The van der Waals surface area contributed by atoms with Crippen LogP contribution in [0.5, 0.6) is 0 Å². The van der Waals surface area contributed by atoms with Crippen LogP contribution < -0.4 is 5.32 Å². The van der Waals surface area contributed by atoms with Crippen LogP contribution in [-0.4, -0.2) is 45.6 Å². The number of thiophene rings is 1. The largest absolute Gasteiger partial charge is 0.360 e. The van der Waals surface area contributed by atoms with Crippen LogP contribution in [0.2, 0.25) is 0 Å². The maximum atomic E-state index is 14.1. The van der Waals surface area contributed by atoms with Crippen LogP contribution in [0, 0.1) is 5.82 Å². The minimum Gasteiger partial charge on any atom is -0.360 e. The van der Waals surface area contributed by atoms with Gasteiger partial charge in [-0.3, -0.25) is 4.79 Å². The molecule has 0 aliphatic carbocycles. The first-order chi connectivity index (χ1) is 14.2. The van der Waals surface area contributed by atoms with Crippen LogP contribution in [0.3, 0.4) is 0 Å². The number of halogens is 1. The van der Waals surface area contributed by atoms with E-state index >= 15 is 0 Å². The number of thioether (sulfide) groups is 2. The molecule has 152 valence electrons. The Morgan fingerprint density at radius 2 is 2.17 bits per heavy atom. The molecule has 1 unspecified atom stereocenters. The van der Waals surface area contributed by atoms with Crippen molar-refractivity contribution in [2.45, 2.75) is 16.1 Å². The maximum Gasteiger partial charge on any atom is 0.234 e. The third-order valence-corrected chi connectivity index (χ3v) is 8.51. The Kier molecular flexibility index (Phi) is 7.06. The summed E-state index contributed by atoms with van der Waals surface area (Å²) in [7, 11) is 0. The fraction of sp³-hybridized carbons (Fsp3) is 0.316. The topological polar surface area (TPSA) is 58.1 Å². The van der Waals surface area contributed by atoms with Crippen LogP contribution in [0.15, 0.2) is 46.1 Å². The van der Waals surface area contributed by atoms with E-state index in [0.29, 0.717) is 12.1 Å². The predicted octanol–water partition coefficient (Wildman–Crippen LogP) is 4.76. The van der Waals surface area contributed by atoms with Crippen LogP contribution in [0.4, 0.5) is 9.52 Å². The van der Waals surface area contributed by atoms with E-state index in [1.807, 2.05) is 12.1 Å². The van der Waals surface area contributed by atoms with Crippen LogP contribution >= 0.6 is 46.2 Å². The number of rotatable bonds is 8. The van der Waals surface area contributed by atoms with Gasteiger partial charge < -0.3 is 10.2 Å². The molecule has 0 bridgehead atoms. The number of carbonyl (C=O) groups excluding carboxylic acids is 1. The van der Waals surface area contributed by atoms with Gasteiger partial charge in [0.25, 0.3) is 0 Å². The highest BCUT2D eigenvalue weighted by Gasteiger charge is 2.32. The average molecular weight is 467 g/mol. The Labute approximate surface area is 185 Å². The summed E-state index contributed by atoms with van der Waals surface area (Å²) in [6.45, 7) is 1.43. The van der Waals surface area contributed by atoms with Gasteiger partial charge in [0.15, 0.2) is 4.34 Å². The van der Waals surface area contributed by atoms with Crippen molar-refractivity contribution in [3.05, 3.63) is 58.0 Å². The van der Waals surface area contributed by atoms with Crippen molar-refractivity contribution in [2.75, 3.05) is 29.9 Å². The minimum absolute atomic E-state index is 0.00402. The molecule has 1 saturated heterocycles. The Morgan fingerprint density at radius 1 is 1.28 bits per heavy atom. The Bertz CT molecular complexity index is 949. The monoisotopic (exact) mass is 466 g/mol. The van der Waals surface area contributed by atoms with Crippen LogP contribution in [0.25, 0.3) is 0 Å². The molecule has 1 atom stereocenters. The molecule has 1 N–H and O–H groups in total. The van der Waals surface area contributed by atoms with Gasteiger partial charge in [-0.25, -0.2) is 4.39 Å². The smallest absolute Gasteiger partial charge is 0.234 e. The second-order valence-electron chi connectivity index (χ2n) is 6.25. The second kappa shape index (κ2) is 9.92. The number of aromatic nitrogens is 2. The van der Waals surface area contributed by atoms with Gasteiger partial charge in [0, 0.05) is 29.3 Å². The molecular weight excluding hydrogens is 448 g/mol. The van der Waals surface area contributed by atoms with Gasteiger partial charge in [0.2, 0.25) is 11.0 Å². The third-order valence-electron chi connectivity index (χ3n) is 4.34. The van der Waals surface area contributed by atoms with Crippen molar-refractivity contribution in [1.82, 2.24) is 15.1 Å². The summed E-state index contributed by atoms with van der Waals surface area (Å²) in [6, 6.07) is 10.8. The molecule has 4 rings (SSSR count). The number of anilines is 1. The van der Waals surface area contributed by atoms with Crippen LogP contribution in [-0.2, 0) is 11.2 Å². The van der Waals surface area contributed by atoms with E-state index in [9.17, 15) is 9.18 Å². The highest BCUT2D eigenvalue weighted by Crippen LogP contribution is 2.39. The number of amides is 1. The van der Waals surface area contributed by atoms with Crippen molar-refractivity contribution in [3.63, 3.8) is 0 Å². The van der Waals surface area contributed by atoms with Crippen molar-refractivity contribution in [3.8, 4) is 0 Å². The lowest BCUT2D eigenvalue weighted by Gasteiger charge is -2.24. The Morgan fingerprint density at radius 3 is 3.00 bits per heavy atom. The Balaban J connectivity index is 1.28. The summed E-state index contributed by atoms with van der Waals surface area (Å²) in [6.07, 6.45) is 0.947. The number of nitrogens with one attached hydrogen (secondary N) is 1. The molecule has 29 heavy (non-hydrogen) atoms. The summed E-state index contributed by atoms with van der Waals surface area (Å²) in [5, 5.41) is 14.2. The lowest BCUT2D eigenvalue weighted by Crippen LogP contribution is -2.32. The number of hydrogen-bond acceptors (Lipinski definition) is 8. The zero-order valence-electron chi connectivity index (χ0n) is 15.4. The van der Waals surface area contributed by atoms with Crippen molar-refractivity contribution in [2.24, 2.45) is 0 Å². The fourth-order valence-corrected chi connectivity index (χ4v) is 6.62. The highest BCUT2D eigenvalue weighted by molar-refractivity contribution is 8.01. The van der Waals surface area contributed by atoms with Gasteiger partial charge in [-0.05, 0) is 23.9 Å². The molecule has 1 aromatic carbocycles. The van der Waals surface area contributed by atoms with Gasteiger partial charge >= 0.3 is 0 Å². The molecule has 1 fully saturated rings. The minimum atomic E-state index is -0.264. The first-order valence-corrected chi connectivity index (χ1v) is 12.8. The molecule has 1 aliphatic rings. The average Bonchev–Trinajstić information content (AvgIpc) is 3.48. The van der Waals surface area contributed by atoms with E-state index in [0.717, 1.165) is 28.2 Å². The number of hydrogen-bond donors (Lipinski definition) is 1. The standard InChI is InChI=1S/C19H19FN4OS4/c20-15-6-2-1-5-14(15)17-24(9-11-27-17)16(25)12-28-19-23-22-18(29-19)21-8-7-13-4-3-10-26-13/h1-6,10,17H,7-9,11-12H2,(H,21,22). The van der Waals surface area contributed by atoms with E-state index < -0.39 is 0 Å². The zero-order valence-corrected chi connectivity index (χ0v) is 18.7. The highest BCUT2D eigenvalue weighted by atomic mass is 32.2. The maximum absolute atomic E-state index is 14.1. The summed E-state index contributed by atoms with van der Waals surface area (Å²) in [5.74, 6) is 0.817. The summed E-state index contributed by atoms with van der Waals surface area (Å²) < 4.78 is 14.9. The molecule has 0 radical (unpaired) electrons. The molecule has 0 spiro atoms.